The zero-order chi connectivity index (χ0) is 22.6. The molecule has 0 atom stereocenters. The maximum atomic E-state index is 13.0. The normalized spacial score (nSPS) is 14.8. The third-order valence-corrected chi connectivity index (χ3v) is 6.14. The number of hydrogen-bond acceptors (Lipinski definition) is 3. The lowest BCUT2D eigenvalue weighted by molar-refractivity contribution is -0.897. The van der Waals surface area contributed by atoms with Crippen LogP contribution in [0.4, 0.5) is 4.39 Å². The summed E-state index contributed by atoms with van der Waals surface area (Å²) in [5, 5.41) is 0. The van der Waals surface area contributed by atoms with Crippen molar-refractivity contribution in [3.63, 3.8) is 0 Å². The van der Waals surface area contributed by atoms with Gasteiger partial charge in [-0.1, -0.05) is 6.07 Å². The molecule has 0 unspecified atom stereocenters. The van der Waals surface area contributed by atoms with E-state index in [4.69, 9.17) is 4.74 Å². The second kappa shape index (κ2) is 9.49. The Morgan fingerprint density at radius 2 is 1.62 bits per heavy atom. The molecule has 6 heteroatoms. The number of quaternary nitrogens is 1. The van der Waals surface area contributed by atoms with Crippen molar-refractivity contribution in [2.75, 3.05) is 40.3 Å². The van der Waals surface area contributed by atoms with Crippen LogP contribution >= 0.6 is 0 Å². The molecule has 1 amide bonds. The summed E-state index contributed by atoms with van der Waals surface area (Å²) in [6.45, 7) is 4.07. The number of rotatable bonds is 7. The van der Waals surface area contributed by atoms with Crippen molar-refractivity contribution in [2.45, 2.75) is 12.8 Å². The summed E-state index contributed by atoms with van der Waals surface area (Å²) in [5.74, 6) is 0.850. The maximum absolute atomic E-state index is 13.0. The van der Waals surface area contributed by atoms with Crippen molar-refractivity contribution in [3.8, 4) is 22.8 Å². The molecule has 1 aliphatic rings. The summed E-state index contributed by atoms with van der Waals surface area (Å²) in [5.41, 5.74) is 2.07. The minimum Gasteiger partial charge on any atom is -0.457 e. The van der Waals surface area contributed by atoms with Crippen molar-refractivity contribution in [2.24, 2.45) is 0 Å². The fourth-order valence-electron chi connectivity index (χ4n) is 4.06. The van der Waals surface area contributed by atoms with Gasteiger partial charge in [-0.05, 0) is 60.7 Å². The van der Waals surface area contributed by atoms with Gasteiger partial charge in [-0.3, -0.25) is 4.79 Å². The second-order valence-electron chi connectivity index (χ2n) is 8.71. The van der Waals surface area contributed by atoms with Crippen LogP contribution in [-0.2, 0) is 0 Å². The standard InChI is InChI=1S/C26H29FN3O2/c1-29(16-19-30(2)17-3-4-18-30)26(31)25-7-5-6-24(28-25)20-8-12-22(13-9-20)32-23-14-10-21(27)11-15-23/h5-15H,3-4,16-19H2,1-2H3/q+1. The first-order valence-electron chi connectivity index (χ1n) is 11.0. The zero-order valence-electron chi connectivity index (χ0n) is 18.6. The molecule has 1 saturated heterocycles. The van der Waals surface area contributed by atoms with Gasteiger partial charge < -0.3 is 14.1 Å². The van der Waals surface area contributed by atoms with Crippen LogP contribution in [0.1, 0.15) is 23.3 Å². The van der Waals surface area contributed by atoms with Crippen molar-refractivity contribution in [1.82, 2.24) is 9.88 Å². The van der Waals surface area contributed by atoms with Gasteiger partial charge in [-0.2, -0.15) is 0 Å². The zero-order valence-corrected chi connectivity index (χ0v) is 18.6. The van der Waals surface area contributed by atoms with E-state index in [2.05, 4.69) is 12.0 Å². The Morgan fingerprint density at radius 1 is 1.00 bits per heavy atom. The van der Waals surface area contributed by atoms with Gasteiger partial charge >= 0.3 is 0 Å². The highest BCUT2D eigenvalue weighted by atomic mass is 19.1. The molecule has 3 aromatic rings. The van der Waals surface area contributed by atoms with E-state index in [9.17, 15) is 9.18 Å². The average molecular weight is 435 g/mol. The maximum Gasteiger partial charge on any atom is 0.272 e. The summed E-state index contributed by atoms with van der Waals surface area (Å²) in [7, 11) is 4.12. The first kappa shape index (κ1) is 22.0. The van der Waals surface area contributed by atoms with Crippen molar-refractivity contribution >= 4 is 5.91 Å². The SMILES string of the molecule is CN(CC[N+]1(C)CCCC1)C(=O)c1cccc(-c2ccc(Oc3ccc(F)cc3)cc2)n1. The lowest BCUT2D eigenvalue weighted by Gasteiger charge is -2.31. The molecule has 0 spiro atoms. The minimum atomic E-state index is -0.300. The highest BCUT2D eigenvalue weighted by Gasteiger charge is 2.27. The summed E-state index contributed by atoms with van der Waals surface area (Å²) in [4.78, 5) is 19.3. The molecule has 0 N–H and O–H groups in total. The van der Waals surface area contributed by atoms with E-state index in [0.29, 0.717) is 17.2 Å². The van der Waals surface area contributed by atoms with Crippen LogP contribution in [0.15, 0.2) is 66.7 Å². The van der Waals surface area contributed by atoms with Gasteiger partial charge in [-0.15, -0.1) is 0 Å². The average Bonchev–Trinajstić information content (AvgIpc) is 3.26. The monoisotopic (exact) mass is 434 g/mol. The van der Waals surface area contributed by atoms with E-state index in [0.717, 1.165) is 28.8 Å². The molecule has 4 rings (SSSR count). The van der Waals surface area contributed by atoms with E-state index in [1.165, 1.54) is 38.1 Å². The fraction of sp³-hybridized carbons (Fsp3) is 0.308. The van der Waals surface area contributed by atoms with E-state index >= 15 is 0 Å². The Bertz CT molecular complexity index is 1060. The number of carbonyl (C=O) groups excluding carboxylic acids is 1. The smallest absolute Gasteiger partial charge is 0.272 e. The van der Waals surface area contributed by atoms with Gasteiger partial charge in [0.25, 0.3) is 5.91 Å². The topological polar surface area (TPSA) is 42.4 Å². The number of benzene rings is 2. The van der Waals surface area contributed by atoms with Gasteiger partial charge in [0.1, 0.15) is 23.0 Å². The minimum absolute atomic E-state index is 0.0612. The van der Waals surface area contributed by atoms with Crippen LogP contribution in [0, 0.1) is 5.82 Å². The summed E-state index contributed by atoms with van der Waals surface area (Å²) < 4.78 is 19.8. The number of likely N-dealkylation sites (N-methyl/N-ethyl adjacent to an activating group) is 2. The Labute approximate surface area is 188 Å². The number of amides is 1. The van der Waals surface area contributed by atoms with Crippen molar-refractivity contribution < 1.29 is 18.4 Å². The van der Waals surface area contributed by atoms with Crippen LogP contribution in [0.3, 0.4) is 0 Å². The number of halogens is 1. The molecular formula is C26H29FN3O2+. The Hall–Kier alpha value is -3.25. The van der Waals surface area contributed by atoms with Crippen LogP contribution in [0.5, 0.6) is 11.5 Å². The van der Waals surface area contributed by atoms with Crippen LogP contribution < -0.4 is 4.74 Å². The van der Waals surface area contributed by atoms with Crippen molar-refractivity contribution in [3.05, 3.63) is 78.2 Å². The predicted octanol–water partition coefficient (Wildman–Crippen LogP) is 4.99. The Morgan fingerprint density at radius 3 is 2.28 bits per heavy atom. The molecule has 166 valence electrons. The highest BCUT2D eigenvalue weighted by molar-refractivity contribution is 5.92. The molecule has 0 radical (unpaired) electrons. The number of ether oxygens (including phenoxy) is 1. The molecule has 0 bridgehead atoms. The fourth-order valence-corrected chi connectivity index (χ4v) is 4.06. The number of likely N-dealkylation sites (tertiary alicyclic amines) is 1. The molecule has 2 aromatic carbocycles. The van der Waals surface area contributed by atoms with Crippen LogP contribution in [0.2, 0.25) is 0 Å². The number of carbonyl (C=O) groups is 1. The first-order chi connectivity index (χ1) is 15.4. The van der Waals surface area contributed by atoms with Gasteiger partial charge in [0.2, 0.25) is 0 Å². The molecule has 2 heterocycles. The molecule has 5 nitrogen and oxygen atoms in total. The van der Waals surface area contributed by atoms with E-state index < -0.39 is 0 Å². The lowest BCUT2D eigenvalue weighted by Crippen LogP contribution is -2.46. The number of pyridine rings is 1. The van der Waals surface area contributed by atoms with Crippen LogP contribution in [0.25, 0.3) is 11.3 Å². The molecule has 0 aliphatic carbocycles. The largest absolute Gasteiger partial charge is 0.457 e. The number of aromatic nitrogens is 1. The van der Waals surface area contributed by atoms with E-state index in [1.807, 2.05) is 43.4 Å². The van der Waals surface area contributed by atoms with Gasteiger partial charge in [-0.25, -0.2) is 9.37 Å². The number of nitrogens with zero attached hydrogens (tertiary/aromatic N) is 3. The Kier molecular flexibility index (Phi) is 6.51. The molecule has 1 aliphatic heterocycles. The highest BCUT2D eigenvalue weighted by Crippen LogP contribution is 2.25. The predicted molar refractivity (Wildman–Crippen MR) is 123 cm³/mol. The van der Waals surface area contributed by atoms with Crippen LogP contribution in [-0.4, -0.2) is 60.5 Å². The molecule has 32 heavy (non-hydrogen) atoms. The van der Waals surface area contributed by atoms with Crippen molar-refractivity contribution in [1.29, 1.82) is 0 Å². The lowest BCUT2D eigenvalue weighted by atomic mass is 10.1. The Balaban J connectivity index is 1.41. The number of hydrogen-bond donors (Lipinski definition) is 0. The third-order valence-electron chi connectivity index (χ3n) is 6.14. The first-order valence-corrected chi connectivity index (χ1v) is 11.0. The van der Waals surface area contributed by atoms with Gasteiger partial charge in [0.05, 0.1) is 38.9 Å². The molecule has 1 aromatic heterocycles. The second-order valence-corrected chi connectivity index (χ2v) is 8.71. The van der Waals surface area contributed by atoms with Gasteiger partial charge in [0, 0.05) is 25.5 Å². The molecular weight excluding hydrogens is 405 g/mol. The molecule has 0 saturated carbocycles. The van der Waals surface area contributed by atoms with Gasteiger partial charge in [0.15, 0.2) is 0 Å². The van der Waals surface area contributed by atoms with E-state index in [-0.39, 0.29) is 11.7 Å². The summed E-state index contributed by atoms with van der Waals surface area (Å²) in [6, 6.07) is 18.9. The quantitative estimate of drug-likeness (QED) is 0.492. The third kappa shape index (κ3) is 5.32. The summed E-state index contributed by atoms with van der Waals surface area (Å²) in [6.07, 6.45) is 2.54. The summed E-state index contributed by atoms with van der Waals surface area (Å²) >= 11 is 0. The molecule has 1 fully saturated rings. The van der Waals surface area contributed by atoms with E-state index in [1.54, 1.807) is 23.1 Å².